The van der Waals surface area contributed by atoms with E-state index in [9.17, 15) is 29.4 Å². The number of carbonyl (C=O) groups excluding carboxylic acids is 4. The van der Waals surface area contributed by atoms with Gasteiger partial charge in [0.2, 0.25) is 23.6 Å². The fraction of sp³-hybridized carbons (Fsp3) is 0.667. The Labute approximate surface area is 250 Å². The number of carbonyl (C=O) groups is 4. The Hall–Kier alpha value is -3.10. The summed E-state index contributed by atoms with van der Waals surface area (Å²) in [6, 6.07) is 6.68. The predicted octanol–water partition coefficient (Wildman–Crippen LogP) is -0.937. The van der Waals surface area contributed by atoms with Gasteiger partial charge < -0.3 is 40.1 Å². The number of amides is 4. The van der Waals surface area contributed by atoms with Gasteiger partial charge in [0.15, 0.2) is 0 Å². The molecule has 1 aliphatic carbocycles. The van der Waals surface area contributed by atoms with Gasteiger partial charge in [-0.1, -0.05) is 12.1 Å². The molecular formula is C30H41N5O8. The third kappa shape index (κ3) is 6.86. The smallest absolute Gasteiger partial charge is 0.240 e. The van der Waals surface area contributed by atoms with Crippen LogP contribution in [0.15, 0.2) is 24.3 Å². The molecule has 5 fully saturated rings. The van der Waals surface area contributed by atoms with Crippen LogP contribution in [0.25, 0.3) is 0 Å². The molecule has 6 rings (SSSR count). The maximum atomic E-state index is 14.0. The zero-order chi connectivity index (χ0) is 30.2. The largest absolute Gasteiger partial charge is 0.388 e. The van der Waals surface area contributed by atoms with Gasteiger partial charge in [0.1, 0.15) is 18.3 Å². The van der Waals surface area contributed by atoms with Gasteiger partial charge in [-0.15, -0.1) is 0 Å². The second kappa shape index (κ2) is 12.5. The summed E-state index contributed by atoms with van der Waals surface area (Å²) in [6.45, 7) is 3.76. The minimum absolute atomic E-state index is 0.0404. The molecule has 4 N–H and O–H groups in total. The van der Waals surface area contributed by atoms with Gasteiger partial charge in [-0.3, -0.25) is 24.1 Å². The Morgan fingerprint density at radius 2 is 1.77 bits per heavy atom. The van der Waals surface area contributed by atoms with E-state index in [1.165, 1.54) is 6.92 Å². The molecule has 4 saturated heterocycles. The average Bonchev–Trinajstić information content (AvgIpc) is 3.71. The average molecular weight is 600 g/mol. The monoisotopic (exact) mass is 599 g/mol. The first-order valence-corrected chi connectivity index (χ1v) is 15.3. The first-order valence-electron chi connectivity index (χ1n) is 15.3. The number of benzene rings is 1. The van der Waals surface area contributed by atoms with Crippen molar-refractivity contribution in [1.82, 2.24) is 20.0 Å². The van der Waals surface area contributed by atoms with E-state index in [2.05, 4.69) is 15.5 Å². The molecule has 5 aliphatic rings. The minimum atomic E-state index is -1.26. The molecule has 0 unspecified atom stereocenters. The van der Waals surface area contributed by atoms with Crippen molar-refractivity contribution >= 4 is 29.3 Å². The summed E-state index contributed by atoms with van der Waals surface area (Å²) in [5.74, 6) is -0.654. The fourth-order valence-electron chi connectivity index (χ4n) is 6.73. The van der Waals surface area contributed by atoms with Crippen molar-refractivity contribution < 1.29 is 38.9 Å². The second-order valence-electron chi connectivity index (χ2n) is 12.5. The Bertz CT molecular complexity index is 1230. The Morgan fingerprint density at radius 3 is 2.49 bits per heavy atom. The van der Waals surface area contributed by atoms with Gasteiger partial charge in [-0.2, -0.15) is 0 Å². The van der Waals surface area contributed by atoms with E-state index in [1.807, 2.05) is 24.3 Å². The molecule has 13 nitrogen and oxygen atoms in total. The van der Waals surface area contributed by atoms with Crippen molar-refractivity contribution in [3.63, 3.8) is 0 Å². The zero-order valence-electron chi connectivity index (χ0n) is 24.4. The van der Waals surface area contributed by atoms with Crippen LogP contribution < -0.4 is 10.6 Å². The first kappa shape index (κ1) is 29.9. The van der Waals surface area contributed by atoms with E-state index in [0.717, 1.165) is 18.4 Å². The lowest BCUT2D eigenvalue weighted by Crippen LogP contribution is -2.55. The molecule has 1 aromatic rings. The molecule has 13 heteroatoms. The molecule has 0 aromatic heterocycles. The highest BCUT2D eigenvalue weighted by Crippen LogP contribution is 2.33. The van der Waals surface area contributed by atoms with Gasteiger partial charge in [0, 0.05) is 63.8 Å². The topological polar surface area (TPSA) is 161 Å². The second-order valence-corrected chi connectivity index (χ2v) is 12.5. The molecule has 6 bridgehead atoms. The lowest BCUT2D eigenvalue weighted by molar-refractivity contribution is -0.147. The highest BCUT2D eigenvalue weighted by Gasteiger charge is 2.47. The van der Waals surface area contributed by atoms with E-state index in [0.29, 0.717) is 44.9 Å². The van der Waals surface area contributed by atoms with Crippen molar-refractivity contribution in [1.29, 1.82) is 0 Å². The van der Waals surface area contributed by atoms with Crippen LogP contribution >= 0.6 is 0 Å². The quantitative estimate of drug-likeness (QED) is 0.343. The van der Waals surface area contributed by atoms with Crippen molar-refractivity contribution in [3.8, 4) is 0 Å². The van der Waals surface area contributed by atoms with Gasteiger partial charge in [0.25, 0.3) is 0 Å². The highest BCUT2D eigenvalue weighted by molar-refractivity contribution is 5.88. The molecule has 0 radical (unpaired) electrons. The number of ether oxygens (including phenoxy) is 2. The zero-order valence-corrected chi connectivity index (χ0v) is 24.4. The van der Waals surface area contributed by atoms with E-state index >= 15 is 0 Å². The lowest BCUT2D eigenvalue weighted by atomic mass is 10.0. The van der Waals surface area contributed by atoms with Crippen molar-refractivity contribution in [2.45, 2.75) is 81.8 Å². The van der Waals surface area contributed by atoms with Crippen LogP contribution in [0, 0.1) is 5.92 Å². The summed E-state index contributed by atoms with van der Waals surface area (Å²) < 4.78 is 12.0. The van der Waals surface area contributed by atoms with E-state index in [4.69, 9.17) is 9.47 Å². The number of anilines is 1. The van der Waals surface area contributed by atoms with Crippen molar-refractivity contribution in [3.05, 3.63) is 29.8 Å². The Balaban J connectivity index is 1.24. The summed E-state index contributed by atoms with van der Waals surface area (Å²) in [4.78, 5) is 57.2. The summed E-state index contributed by atoms with van der Waals surface area (Å²) in [6.07, 6.45) is -2.78. The third-order valence-corrected chi connectivity index (χ3v) is 9.07. The SMILES string of the molecule is CC(=O)Nc1ccc(CN2C[C@@H]3C[C@H]2C(=O)N2CCO[C@H](CN(C(=O)C4CC4)C[C@H]4O[C@@H](CC(=O)N3)[C@H](O)[C@@H]4O)C2)cc1. The molecule has 1 aromatic carbocycles. The maximum absolute atomic E-state index is 14.0. The first-order chi connectivity index (χ1) is 20.6. The summed E-state index contributed by atoms with van der Waals surface area (Å²) in [5.41, 5.74) is 1.64. The van der Waals surface area contributed by atoms with Crippen LogP contribution in [0.4, 0.5) is 5.69 Å². The van der Waals surface area contributed by atoms with Crippen LogP contribution in [0.1, 0.15) is 38.2 Å². The maximum Gasteiger partial charge on any atom is 0.240 e. The summed E-state index contributed by atoms with van der Waals surface area (Å²) >= 11 is 0. The molecule has 4 heterocycles. The molecular weight excluding hydrogens is 558 g/mol. The van der Waals surface area contributed by atoms with Gasteiger partial charge in [-0.25, -0.2) is 0 Å². The number of aliphatic hydroxyl groups is 2. The van der Waals surface area contributed by atoms with Crippen LogP contribution in [-0.2, 0) is 35.2 Å². The number of fused-ring (bicyclic) bond motifs is 6. The molecule has 7 atom stereocenters. The van der Waals surface area contributed by atoms with E-state index < -0.39 is 36.6 Å². The van der Waals surface area contributed by atoms with Gasteiger partial charge in [-0.05, 0) is 37.0 Å². The van der Waals surface area contributed by atoms with Gasteiger partial charge in [0.05, 0.1) is 31.3 Å². The number of nitrogens with one attached hydrogen (secondary N) is 2. The number of hydrogen-bond acceptors (Lipinski definition) is 9. The van der Waals surface area contributed by atoms with Crippen LogP contribution in [0.5, 0.6) is 0 Å². The number of rotatable bonds is 4. The third-order valence-electron chi connectivity index (χ3n) is 9.07. The van der Waals surface area contributed by atoms with Crippen LogP contribution in [0.2, 0.25) is 0 Å². The minimum Gasteiger partial charge on any atom is -0.388 e. The standard InChI is InChI=1S/C30H41N5O8/c1-17(36)31-20-6-2-18(3-7-20)12-34-13-21-10-23(34)30(41)33-8-9-42-22(14-33)15-35(29(40)19-4-5-19)16-25-28(39)27(38)24(43-25)11-26(37)32-21/h2-3,6-7,19,21-25,27-28,38-39H,4-5,8-16H2,1H3,(H,31,36)(H,32,37)/t21-,22-,23-,24-,25+,27-,28+/m0/s1. The van der Waals surface area contributed by atoms with Crippen molar-refractivity contribution in [2.75, 3.05) is 44.6 Å². The summed E-state index contributed by atoms with van der Waals surface area (Å²) in [5, 5.41) is 27.3. The summed E-state index contributed by atoms with van der Waals surface area (Å²) in [7, 11) is 0. The predicted molar refractivity (Wildman–Crippen MR) is 152 cm³/mol. The number of hydrogen-bond donors (Lipinski definition) is 4. The molecule has 4 aliphatic heterocycles. The number of morpholine rings is 1. The Morgan fingerprint density at radius 1 is 1.02 bits per heavy atom. The van der Waals surface area contributed by atoms with Crippen LogP contribution in [0.3, 0.4) is 0 Å². The van der Waals surface area contributed by atoms with E-state index in [1.54, 1.807) is 9.80 Å². The molecule has 0 spiro atoms. The lowest BCUT2D eigenvalue weighted by Gasteiger charge is -2.38. The Kier molecular flexibility index (Phi) is 8.70. The number of likely N-dealkylation sites (tertiary alicyclic amines) is 1. The van der Waals surface area contributed by atoms with Gasteiger partial charge >= 0.3 is 0 Å². The molecule has 4 amide bonds. The normalized spacial score (nSPS) is 33.8. The molecule has 234 valence electrons. The highest BCUT2D eigenvalue weighted by atomic mass is 16.5. The van der Waals surface area contributed by atoms with E-state index in [-0.39, 0.29) is 55.1 Å². The molecule has 1 saturated carbocycles. The molecule has 43 heavy (non-hydrogen) atoms. The number of aliphatic hydroxyl groups excluding tert-OH is 2. The number of nitrogens with zero attached hydrogens (tertiary/aromatic N) is 3. The van der Waals surface area contributed by atoms with Crippen molar-refractivity contribution in [2.24, 2.45) is 5.92 Å². The fourth-order valence-corrected chi connectivity index (χ4v) is 6.73. The van der Waals surface area contributed by atoms with Crippen LogP contribution in [-0.4, -0.2) is 130 Å².